The van der Waals surface area contributed by atoms with Gasteiger partial charge in [0.1, 0.15) is 5.75 Å². The van der Waals surface area contributed by atoms with Crippen LogP contribution in [-0.4, -0.2) is 41.7 Å². The van der Waals surface area contributed by atoms with Crippen LogP contribution in [-0.2, 0) is 16.4 Å². The number of rotatable bonds is 4. The molecule has 0 radical (unpaired) electrons. The van der Waals surface area contributed by atoms with Crippen molar-refractivity contribution in [1.82, 2.24) is 5.01 Å². The fourth-order valence-electron chi connectivity index (χ4n) is 4.41. The van der Waals surface area contributed by atoms with E-state index in [0.717, 1.165) is 12.1 Å². The van der Waals surface area contributed by atoms with E-state index in [9.17, 15) is 49.1 Å². The van der Waals surface area contributed by atoms with E-state index in [4.69, 9.17) is 11.6 Å². The first kappa shape index (κ1) is 31.7. The number of amides is 3. The van der Waals surface area contributed by atoms with E-state index >= 15 is 0 Å². The van der Waals surface area contributed by atoms with Gasteiger partial charge in [0.05, 0.1) is 33.9 Å². The number of hydrazone groups is 1. The molecule has 1 unspecified atom stereocenters. The smallest absolute Gasteiger partial charge is 0.406 e. The summed E-state index contributed by atoms with van der Waals surface area (Å²) >= 11 is 5.89. The van der Waals surface area contributed by atoms with E-state index in [2.05, 4.69) is 9.84 Å². The lowest BCUT2D eigenvalue weighted by atomic mass is 9.76. The SMILES string of the molecule is CC1(c2ccccc2)CN(C(=O)N(C(=O)C(F)(F)F)c2ccc(OC(F)(F)F)cc2)N=C1c1ccc(C(F)(F)F)c(Cl)c1. The summed E-state index contributed by atoms with van der Waals surface area (Å²) in [5.74, 6) is -3.51. The minimum absolute atomic E-state index is 0.00185. The summed E-state index contributed by atoms with van der Waals surface area (Å²) in [6, 6.07) is 11.5. The van der Waals surface area contributed by atoms with E-state index in [-0.39, 0.29) is 16.2 Å². The second kappa shape index (κ2) is 11.1. The molecule has 228 valence electrons. The monoisotopic (exact) mass is 637 g/mol. The number of imide groups is 1. The normalized spacial score (nSPS) is 17.5. The third-order valence-electron chi connectivity index (χ3n) is 6.35. The largest absolute Gasteiger partial charge is 0.573 e. The Morgan fingerprint density at radius 2 is 1.51 bits per heavy atom. The fourth-order valence-corrected chi connectivity index (χ4v) is 4.70. The molecule has 1 aliphatic heterocycles. The number of benzene rings is 3. The van der Waals surface area contributed by atoms with E-state index in [0.29, 0.717) is 40.9 Å². The number of ether oxygens (including phenoxy) is 1. The Morgan fingerprint density at radius 3 is 2.02 bits per heavy atom. The molecule has 1 atom stereocenters. The number of anilines is 1. The Labute approximate surface area is 241 Å². The Bertz CT molecular complexity index is 1560. The van der Waals surface area contributed by atoms with Crippen molar-refractivity contribution in [2.45, 2.75) is 31.1 Å². The zero-order chi connectivity index (χ0) is 32.0. The average molecular weight is 638 g/mol. The van der Waals surface area contributed by atoms with Crippen molar-refractivity contribution >= 4 is 34.9 Å². The van der Waals surface area contributed by atoms with E-state index in [1.54, 1.807) is 30.3 Å². The van der Waals surface area contributed by atoms with Gasteiger partial charge in [-0.15, -0.1) is 13.2 Å². The Balaban J connectivity index is 1.81. The lowest BCUT2D eigenvalue weighted by Gasteiger charge is -2.29. The lowest BCUT2D eigenvalue weighted by Crippen LogP contribution is -2.50. The van der Waals surface area contributed by atoms with Crippen LogP contribution in [0.5, 0.6) is 5.75 Å². The molecule has 0 aliphatic carbocycles. The zero-order valence-electron chi connectivity index (χ0n) is 21.5. The van der Waals surface area contributed by atoms with Crippen LogP contribution in [0.3, 0.4) is 0 Å². The van der Waals surface area contributed by atoms with Gasteiger partial charge in [-0.3, -0.25) is 4.79 Å². The first-order valence-corrected chi connectivity index (χ1v) is 12.3. The topological polar surface area (TPSA) is 62.2 Å². The van der Waals surface area contributed by atoms with E-state index in [1.165, 1.54) is 6.92 Å². The maximum absolute atomic E-state index is 13.6. The third kappa shape index (κ3) is 6.71. The van der Waals surface area contributed by atoms with Gasteiger partial charge in [0, 0.05) is 5.56 Å². The molecule has 1 heterocycles. The summed E-state index contributed by atoms with van der Waals surface area (Å²) in [5, 5.41) is 3.93. The molecule has 0 saturated heterocycles. The molecule has 43 heavy (non-hydrogen) atoms. The van der Waals surface area contributed by atoms with Gasteiger partial charge >= 0.3 is 30.7 Å². The predicted molar refractivity (Wildman–Crippen MR) is 136 cm³/mol. The summed E-state index contributed by atoms with van der Waals surface area (Å²) in [6.45, 7) is 1.04. The van der Waals surface area contributed by atoms with Crippen LogP contribution in [0.15, 0.2) is 77.9 Å². The van der Waals surface area contributed by atoms with Crippen molar-refractivity contribution in [2.75, 3.05) is 11.4 Å². The zero-order valence-corrected chi connectivity index (χ0v) is 22.2. The van der Waals surface area contributed by atoms with E-state index < -0.39 is 64.6 Å². The standard InChI is InChI=1S/C27H17ClF9N3O3/c1-24(16-5-3-2-4-6-16)14-39(38-21(24)15-7-12-19(20(28)13-15)25(29,30)31)23(42)40(22(41)26(32,33)34)17-8-10-18(11-9-17)43-27(35,36)37/h2-13H,14H2,1H3. The third-order valence-corrected chi connectivity index (χ3v) is 6.67. The molecule has 0 spiro atoms. The molecule has 0 N–H and O–H groups in total. The molecule has 0 fully saturated rings. The first-order valence-electron chi connectivity index (χ1n) is 11.9. The average Bonchev–Trinajstić information content (AvgIpc) is 3.26. The van der Waals surface area contributed by atoms with Crippen LogP contribution in [0.25, 0.3) is 0 Å². The number of carbonyl (C=O) groups excluding carboxylic acids is 2. The molecule has 0 aromatic heterocycles. The number of halogens is 10. The van der Waals surface area contributed by atoms with E-state index in [1.807, 2.05) is 0 Å². The van der Waals surface area contributed by atoms with Crippen molar-refractivity contribution in [3.8, 4) is 5.75 Å². The van der Waals surface area contributed by atoms with Crippen LogP contribution < -0.4 is 9.64 Å². The van der Waals surface area contributed by atoms with Crippen LogP contribution >= 0.6 is 11.6 Å². The fraction of sp³-hybridized carbons (Fsp3) is 0.222. The first-order chi connectivity index (χ1) is 19.8. The lowest BCUT2D eigenvalue weighted by molar-refractivity contribution is -0.274. The second-order valence-electron chi connectivity index (χ2n) is 9.36. The summed E-state index contributed by atoms with van der Waals surface area (Å²) in [4.78, 5) is 25.6. The Morgan fingerprint density at radius 1 is 0.907 bits per heavy atom. The number of hydrogen-bond acceptors (Lipinski definition) is 4. The van der Waals surface area contributed by atoms with Gasteiger partial charge in [-0.25, -0.2) is 14.7 Å². The molecule has 0 bridgehead atoms. The molecule has 6 nitrogen and oxygen atoms in total. The highest BCUT2D eigenvalue weighted by atomic mass is 35.5. The predicted octanol–water partition coefficient (Wildman–Crippen LogP) is 7.95. The summed E-state index contributed by atoms with van der Waals surface area (Å²) in [5.41, 5.74) is -2.85. The minimum atomic E-state index is -5.60. The molecular weight excluding hydrogens is 621 g/mol. The molecule has 3 aromatic carbocycles. The highest BCUT2D eigenvalue weighted by molar-refractivity contribution is 6.32. The Kier molecular flexibility index (Phi) is 8.17. The molecule has 16 heteroatoms. The van der Waals surface area contributed by atoms with Crippen molar-refractivity contribution in [3.63, 3.8) is 0 Å². The van der Waals surface area contributed by atoms with Gasteiger partial charge < -0.3 is 4.74 Å². The number of carbonyl (C=O) groups is 2. The van der Waals surface area contributed by atoms with Crippen molar-refractivity contribution in [2.24, 2.45) is 5.10 Å². The van der Waals surface area contributed by atoms with Crippen molar-refractivity contribution in [1.29, 1.82) is 0 Å². The van der Waals surface area contributed by atoms with Crippen molar-refractivity contribution in [3.05, 3.63) is 94.5 Å². The molecule has 0 saturated carbocycles. The Hall–Kier alpha value is -4.27. The number of alkyl halides is 9. The van der Waals surface area contributed by atoms with Gasteiger partial charge in [-0.1, -0.05) is 48.0 Å². The number of hydrogen-bond donors (Lipinski definition) is 0. The highest BCUT2D eigenvalue weighted by Crippen LogP contribution is 2.40. The summed E-state index contributed by atoms with van der Waals surface area (Å²) in [7, 11) is 0. The second-order valence-corrected chi connectivity index (χ2v) is 9.77. The van der Waals surface area contributed by atoms with Crippen LogP contribution in [0, 0.1) is 0 Å². The van der Waals surface area contributed by atoms with Crippen LogP contribution in [0.4, 0.5) is 50.0 Å². The van der Waals surface area contributed by atoms with Crippen LogP contribution in [0.2, 0.25) is 5.02 Å². The molecular formula is C27H17ClF9N3O3. The van der Waals surface area contributed by atoms with Gasteiger partial charge in [-0.05, 0) is 48.9 Å². The summed E-state index contributed by atoms with van der Waals surface area (Å²) in [6.07, 6.45) is -15.5. The number of urea groups is 1. The van der Waals surface area contributed by atoms with Gasteiger partial charge in [0.25, 0.3) is 0 Å². The maximum Gasteiger partial charge on any atom is 0.573 e. The molecule has 4 rings (SSSR count). The minimum Gasteiger partial charge on any atom is -0.406 e. The quantitative estimate of drug-likeness (QED) is 0.273. The molecule has 3 aromatic rings. The van der Waals surface area contributed by atoms with Gasteiger partial charge in [-0.2, -0.15) is 31.4 Å². The maximum atomic E-state index is 13.6. The number of nitrogens with zero attached hydrogens (tertiary/aromatic N) is 3. The molecule has 3 amide bonds. The highest BCUT2D eigenvalue weighted by Gasteiger charge is 2.50. The summed E-state index contributed by atoms with van der Waals surface area (Å²) < 4.78 is 122. The molecule has 1 aliphatic rings. The van der Waals surface area contributed by atoms with Crippen LogP contribution in [0.1, 0.15) is 23.6 Å². The van der Waals surface area contributed by atoms with Gasteiger partial charge in [0.2, 0.25) is 0 Å². The van der Waals surface area contributed by atoms with Gasteiger partial charge in [0.15, 0.2) is 0 Å². The van der Waals surface area contributed by atoms with Crippen molar-refractivity contribution < 1.29 is 53.8 Å².